The van der Waals surface area contributed by atoms with Crippen LogP contribution < -0.4 is 10.6 Å². The monoisotopic (exact) mass is 1290 g/mol. The minimum atomic E-state index is -0.938. The molecule has 7 heteroatoms. The van der Waals surface area contributed by atoms with E-state index in [0.29, 0.717) is 87.9 Å². The van der Waals surface area contributed by atoms with E-state index >= 15 is 9.00 Å². The molecule has 0 amide bonds. The fourth-order valence-corrected chi connectivity index (χ4v) is 42.1. The van der Waals surface area contributed by atoms with Crippen molar-refractivity contribution in [3.63, 3.8) is 0 Å². The first kappa shape index (κ1) is 62.9. The largest absolute Gasteiger partial charge is 0.481 e. The van der Waals surface area contributed by atoms with Crippen LogP contribution in [-0.2, 0) is 15.6 Å². The fraction of sp³-hybridized carbons (Fsp3) is 0.988. The van der Waals surface area contributed by atoms with E-state index in [-0.39, 0.29) is 27.9 Å². The number of thioether (sulfide) groups is 1. The smallest absolute Gasteiger partial charge is 0.306 e. The van der Waals surface area contributed by atoms with Gasteiger partial charge in [-0.25, -0.2) is 0 Å². The zero-order chi connectivity index (χ0) is 62.3. The molecule has 0 aromatic carbocycles. The van der Waals surface area contributed by atoms with E-state index in [0.717, 1.165) is 155 Å². The van der Waals surface area contributed by atoms with Crippen LogP contribution in [0.1, 0.15) is 267 Å². The van der Waals surface area contributed by atoms with Gasteiger partial charge in [0.15, 0.2) is 0 Å². The van der Waals surface area contributed by atoms with E-state index < -0.39 is 16.8 Å². The summed E-state index contributed by atoms with van der Waals surface area (Å²) in [6.45, 7) is 20.0. The molecule has 0 aromatic rings. The molecule has 15 aliphatic carbocycles. The Balaban J connectivity index is 0.838. The van der Waals surface area contributed by atoms with Crippen molar-refractivity contribution in [1.29, 1.82) is 0 Å². The minimum absolute atomic E-state index is 0.0725. The van der Waals surface area contributed by atoms with Crippen molar-refractivity contribution >= 4 is 28.5 Å². The van der Waals surface area contributed by atoms with Crippen molar-refractivity contribution in [2.45, 2.75) is 312 Å². The van der Waals surface area contributed by atoms with Crippen molar-refractivity contribution in [2.24, 2.45) is 206 Å². The molecule has 92 heavy (non-hydrogen) atoms. The maximum absolute atomic E-state index is 17.7. The summed E-state index contributed by atoms with van der Waals surface area (Å²) >= 11 is 2.65. The summed E-state index contributed by atoms with van der Waals surface area (Å²) in [4.78, 5) is 15.0. The Hall–Kier alpha value is -0.110. The average molecular weight is 1300 g/mol. The number of fused-ring (bicyclic) bond motifs is 10. The Kier molecular flexibility index (Phi) is 16.0. The Bertz CT molecular complexity index is 2790. The quantitative estimate of drug-likeness (QED) is 0.0938. The van der Waals surface area contributed by atoms with Crippen molar-refractivity contribution in [1.82, 2.24) is 10.6 Å². The zero-order valence-electron chi connectivity index (χ0n) is 59.6. The van der Waals surface area contributed by atoms with Gasteiger partial charge in [0.05, 0.1) is 5.92 Å². The molecule has 3 N–H and O–H groups in total. The van der Waals surface area contributed by atoms with Crippen LogP contribution in [0.3, 0.4) is 0 Å². The zero-order valence-corrected chi connectivity index (χ0v) is 61.2. The summed E-state index contributed by atoms with van der Waals surface area (Å²) in [5, 5.41) is 24.9. The highest BCUT2D eigenvalue weighted by Gasteiger charge is 2.93. The molecule has 4 saturated heterocycles. The maximum atomic E-state index is 17.7. The predicted octanol–water partition coefficient (Wildman–Crippen LogP) is 19.3. The van der Waals surface area contributed by atoms with Crippen LogP contribution in [0.25, 0.3) is 0 Å². The van der Waals surface area contributed by atoms with Gasteiger partial charge in [0.1, 0.15) is 0 Å². The molecule has 0 radical (unpaired) electrons. The molecule has 5 nitrogen and oxygen atoms in total. The van der Waals surface area contributed by atoms with Gasteiger partial charge in [-0.1, -0.05) is 171 Å². The molecular weight excluding hydrogens is 1160 g/mol. The maximum Gasteiger partial charge on any atom is 0.306 e. The summed E-state index contributed by atoms with van der Waals surface area (Å²) < 4.78 is 17.7. The second kappa shape index (κ2) is 23.5. The van der Waals surface area contributed by atoms with E-state index in [1.54, 1.807) is 32.1 Å². The van der Waals surface area contributed by atoms with E-state index in [1.807, 2.05) is 0 Å². The van der Waals surface area contributed by atoms with Crippen molar-refractivity contribution in [2.75, 3.05) is 0 Å². The lowest BCUT2D eigenvalue weighted by atomic mass is 9.16. The topological polar surface area (TPSA) is 78.4 Å². The van der Waals surface area contributed by atoms with Crippen LogP contribution >= 0.6 is 11.8 Å². The molecule has 4 heterocycles. The summed E-state index contributed by atoms with van der Waals surface area (Å²) in [5.74, 6) is 24.0. The molecule has 19 aliphatic rings. The normalized spacial score (nSPS) is 60.2. The van der Waals surface area contributed by atoms with Gasteiger partial charge in [-0.2, -0.15) is 11.8 Å². The molecule has 514 valence electrons. The SMILES string of the molecule is CCCCCC1CCC2SC3C4C5NC6CC(CC(CCC)CCCC)CC7C8CC(CCC)CC9CC%10CC%11C%12C(CCCCC)CC(CCC)C%12NC%12C%11C%11C%10C(C98)C(C67)C5C%11C5C%12C67CC(C(=O)O)C8C(CCC)CC(C)C9C8C6C(C7)(C45)C(C3C2C1)S9=O. The Morgan fingerprint density at radius 1 is 0.522 bits per heavy atom. The highest BCUT2D eigenvalue weighted by Crippen LogP contribution is 2.93. The van der Waals surface area contributed by atoms with E-state index in [2.05, 4.69) is 67.2 Å². The number of aliphatic carboxylic acids is 1. The lowest BCUT2D eigenvalue weighted by molar-refractivity contribution is -0.408. The van der Waals surface area contributed by atoms with E-state index in [1.165, 1.54) is 161 Å². The van der Waals surface area contributed by atoms with E-state index in [4.69, 9.17) is 10.6 Å². The number of unbranched alkanes of at least 4 members (excludes halogenated alkanes) is 5. The summed E-state index contributed by atoms with van der Waals surface area (Å²) in [6.07, 6.45) is 46.3. The number of hydrogen-bond donors (Lipinski definition) is 3. The lowest BCUT2D eigenvalue weighted by Crippen LogP contribution is -2.93. The third-order valence-corrected chi connectivity index (χ3v) is 41.5. The minimum Gasteiger partial charge on any atom is -0.481 e. The second-order valence-corrected chi connectivity index (χ2v) is 43.0. The molecule has 4 aliphatic heterocycles. The molecule has 15 saturated carbocycles. The number of nitrogens with one attached hydrogen (secondary N) is 2. The molecule has 0 aromatic heterocycles. The van der Waals surface area contributed by atoms with Crippen LogP contribution in [0.2, 0.25) is 0 Å². The number of piperidine rings is 2. The Labute approximate surface area is 568 Å². The number of carboxylic acid groups (broad SMARTS) is 1. The number of rotatable bonds is 22. The number of hydrogen-bond acceptors (Lipinski definition) is 5. The number of carbonyl (C=O) groups is 1. The highest BCUT2D eigenvalue weighted by atomic mass is 32.2. The molecular formula is C85H134N2O3S2. The van der Waals surface area contributed by atoms with Gasteiger partial charge in [0.25, 0.3) is 0 Å². The first-order valence-electron chi connectivity index (χ1n) is 42.8. The summed E-state index contributed by atoms with van der Waals surface area (Å²) in [5.41, 5.74) is 0.194. The molecule has 44 unspecified atom stereocenters. The van der Waals surface area contributed by atoms with Crippen LogP contribution in [0, 0.1) is 206 Å². The third-order valence-electron chi connectivity index (χ3n) is 37.0. The number of carboxylic acids is 1. The molecule has 2 bridgehead atoms. The lowest BCUT2D eigenvalue weighted by Gasteiger charge is -2.91. The van der Waals surface area contributed by atoms with Gasteiger partial charge in [0, 0.05) is 56.0 Å². The first-order chi connectivity index (χ1) is 45.0. The van der Waals surface area contributed by atoms with Crippen molar-refractivity contribution in [3.8, 4) is 0 Å². The molecule has 1 spiro atoms. The predicted molar refractivity (Wildman–Crippen MR) is 378 cm³/mol. The standard InChI is InChI=1S/C85H134N2O3S2/c1-9-16-19-26-44-28-29-58-54(33-44)65-79(91-58)73-74-71-69-67-62-51(38-50-32-45(22-13-5)34-52-53-35-46(31-43(21-12-4)25-18-11-3)36-57-63(53)68(66(62)60(50)52)70(69)77(73)86-57)39-55-61-48(27-20-17-10-2)37-49(24-15-7)76(61)87-78(64(55)67)75(71)84-40-56(83(88)89)59-47(23-14-6)30-42(8)80-72(59)81(84)85(74,41-84)82(65)92(80)90/h42-82,86-87H,9-41H2,1-8H3,(H,88,89). The first-order valence-corrected chi connectivity index (χ1v) is 45.0. The van der Waals surface area contributed by atoms with Crippen molar-refractivity contribution < 1.29 is 14.1 Å². The summed E-state index contributed by atoms with van der Waals surface area (Å²) in [7, 11) is -0.938. The summed E-state index contributed by atoms with van der Waals surface area (Å²) in [6, 6.07) is 2.54. The van der Waals surface area contributed by atoms with Crippen LogP contribution in [0.15, 0.2) is 0 Å². The van der Waals surface area contributed by atoms with Gasteiger partial charge < -0.3 is 15.7 Å². The second-order valence-electron chi connectivity index (χ2n) is 39.9. The van der Waals surface area contributed by atoms with Gasteiger partial charge in [-0.15, -0.1) is 0 Å². The van der Waals surface area contributed by atoms with Crippen LogP contribution in [0.4, 0.5) is 0 Å². The fourth-order valence-electron chi connectivity index (χ4n) is 36.7. The average Bonchev–Trinajstić information content (AvgIpc) is 0.765. The van der Waals surface area contributed by atoms with Crippen molar-refractivity contribution in [3.05, 3.63) is 0 Å². The van der Waals surface area contributed by atoms with Gasteiger partial charge in [-0.05, 0) is 297 Å². The van der Waals surface area contributed by atoms with Gasteiger partial charge >= 0.3 is 5.97 Å². The van der Waals surface area contributed by atoms with Crippen LogP contribution in [-0.4, -0.2) is 60.5 Å². The molecule has 44 atom stereocenters. The van der Waals surface area contributed by atoms with E-state index in [9.17, 15) is 5.11 Å². The highest BCUT2D eigenvalue weighted by molar-refractivity contribution is 8.00. The van der Waals surface area contributed by atoms with Crippen LogP contribution in [0.5, 0.6) is 0 Å². The molecule has 19 fully saturated rings. The van der Waals surface area contributed by atoms with Gasteiger partial charge in [0.2, 0.25) is 0 Å². The third kappa shape index (κ3) is 8.34. The Morgan fingerprint density at radius 2 is 1.24 bits per heavy atom. The Morgan fingerprint density at radius 3 is 2.02 bits per heavy atom. The van der Waals surface area contributed by atoms with Gasteiger partial charge in [-0.3, -0.25) is 9.00 Å². The molecule has 19 rings (SSSR count).